The molecule has 2 aliphatic rings. The molecule has 1 unspecified atom stereocenters. The van der Waals surface area contributed by atoms with E-state index in [0.717, 1.165) is 56.0 Å². The van der Waals surface area contributed by atoms with Gasteiger partial charge in [0.25, 0.3) is 0 Å². The molecule has 5 N–H and O–H groups in total. The van der Waals surface area contributed by atoms with Crippen molar-refractivity contribution in [2.75, 3.05) is 39.3 Å². The van der Waals surface area contributed by atoms with E-state index in [2.05, 4.69) is 37.6 Å². The molecule has 156 valence electrons. The van der Waals surface area contributed by atoms with E-state index in [1.54, 1.807) is 6.08 Å². The van der Waals surface area contributed by atoms with E-state index in [-0.39, 0.29) is 6.04 Å². The Labute approximate surface area is 173 Å². The smallest absolute Gasteiger partial charge is 0.125 e. The van der Waals surface area contributed by atoms with Crippen molar-refractivity contribution < 1.29 is 0 Å². The molecule has 0 bridgehead atoms. The molecule has 8 heteroatoms. The molecule has 0 amide bonds. The van der Waals surface area contributed by atoms with Crippen LogP contribution >= 0.6 is 0 Å². The van der Waals surface area contributed by atoms with Crippen molar-refractivity contribution in [1.29, 1.82) is 5.41 Å². The topological polar surface area (TPSA) is 114 Å². The highest BCUT2D eigenvalue weighted by Crippen LogP contribution is 2.12. The number of nitrogens with two attached hydrogens (primary N) is 1. The minimum absolute atomic E-state index is 0.00302. The summed E-state index contributed by atoms with van der Waals surface area (Å²) in [5, 5.41) is 18.8. The van der Waals surface area contributed by atoms with Crippen molar-refractivity contribution >= 4 is 12.1 Å². The summed E-state index contributed by atoms with van der Waals surface area (Å²) in [5.74, 6) is 0.488. The highest BCUT2D eigenvalue weighted by Gasteiger charge is 2.08. The fraction of sp³-hybridized carbons (Fsp3) is 0.429. The summed E-state index contributed by atoms with van der Waals surface area (Å²) in [7, 11) is 0. The zero-order valence-electron chi connectivity index (χ0n) is 17.1. The molecular weight excluding hydrogens is 364 g/mol. The molecule has 0 aromatic rings. The van der Waals surface area contributed by atoms with Gasteiger partial charge in [-0.05, 0) is 31.1 Å². The highest BCUT2D eigenvalue weighted by molar-refractivity contribution is 5.99. The Hall–Kier alpha value is -2.84. The number of allylic oxidation sites excluding steroid dienone is 5. The molecule has 0 radical (unpaired) electrons. The quantitative estimate of drug-likeness (QED) is 0.149. The molecular formula is C21H32N8. The lowest BCUT2D eigenvalue weighted by Crippen LogP contribution is -2.44. The van der Waals surface area contributed by atoms with Crippen molar-refractivity contribution in [3.63, 3.8) is 0 Å². The Morgan fingerprint density at radius 1 is 1.41 bits per heavy atom. The number of piperazine rings is 1. The fourth-order valence-corrected chi connectivity index (χ4v) is 2.85. The van der Waals surface area contributed by atoms with Crippen LogP contribution < -0.4 is 16.5 Å². The van der Waals surface area contributed by atoms with Crippen LogP contribution in [0.15, 0.2) is 75.2 Å². The first-order valence-corrected chi connectivity index (χ1v) is 9.91. The third-order valence-electron chi connectivity index (χ3n) is 4.64. The lowest BCUT2D eigenvalue weighted by molar-refractivity contribution is 0.247. The Balaban J connectivity index is 1.81. The summed E-state index contributed by atoms with van der Waals surface area (Å²) in [6.45, 7) is 11.5. The van der Waals surface area contributed by atoms with Crippen LogP contribution in [0.1, 0.15) is 13.3 Å². The molecule has 1 saturated heterocycles. The average Bonchev–Trinajstić information content (AvgIpc) is 2.75. The van der Waals surface area contributed by atoms with E-state index < -0.39 is 0 Å². The van der Waals surface area contributed by atoms with Gasteiger partial charge in [0.15, 0.2) is 0 Å². The molecule has 0 aromatic heterocycles. The van der Waals surface area contributed by atoms with Crippen molar-refractivity contribution in [3.8, 4) is 0 Å². The lowest BCUT2D eigenvalue weighted by Gasteiger charge is -2.26. The minimum Gasteiger partial charge on any atom is -0.384 e. The van der Waals surface area contributed by atoms with Gasteiger partial charge >= 0.3 is 0 Å². The third-order valence-corrected chi connectivity index (χ3v) is 4.64. The molecule has 2 rings (SSSR count). The summed E-state index contributed by atoms with van der Waals surface area (Å²) < 4.78 is 0. The van der Waals surface area contributed by atoms with E-state index in [4.69, 9.17) is 11.1 Å². The maximum absolute atomic E-state index is 7.22. The van der Waals surface area contributed by atoms with Gasteiger partial charge in [-0.1, -0.05) is 36.1 Å². The molecule has 1 aliphatic heterocycles. The van der Waals surface area contributed by atoms with Crippen LogP contribution in [0.2, 0.25) is 0 Å². The van der Waals surface area contributed by atoms with Gasteiger partial charge < -0.3 is 16.5 Å². The summed E-state index contributed by atoms with van der Waals surface area (Å²) in [5.41, 5.74) is 11.5. The van der Waals surface area contributed by atoms with Gasteiger partial charge in [-0.3, -0.25) is 15.3 Å². The van der Waals surface area contributed by atoms with Crippen molar-refractivity contribution in [1.82, 2.24) is 15.6 Å². The summed E-state index contributed by atoms with van der Waals surface area (Å²) >= 11 is 0. The Kier molecular flexibility index (Phi) is 9.74. The second-order valence-electron chi connectivity index (χ2n) is 6.87. The van der Waals surface area contributed by atoms with E-state index in [0.29, 0.717) is 12.4 Å². The zero-order chi connectivity index (χ0) is 20.9. The van der Waals surface area contributed by atoms with Crippen LogP contribution in [0.25, 0.3) is 0 Å². The molecule has 0 saturated carbocycles. The maximum Gasteiger partial charge on any atom is 0.125 e. The molecule has 0 spiro atoms. The molecule has 1 aliphatic carbocycles. The first kappa shape index (κ1) is 22.4. The largest absolute Gasteiger partial charge is 0.384 e. The number of hydrogen-bond donors (Lipinski definition) is 4. The standard InChI is InChI=1S/C21H32N8/c1-3-19(21(23)25-12-15-29-13-10-24-11-14-29)7-4-17(2)26-28-27-20-8-5-18(16-22)6-9-20/h3-8,16,20,22,24H,1,9-15H2,2H3,(H2,23,25)(H,26,27)/b17-4+,19-7+,22-16?. The monoisotopic (exact) mass is 396 g/mol. The summed E-state index contributed by atoms with van der Waals surface area (Å²) in [6, 6.07) is -0.00302. The van der Waals surface area contributed by atoms with Crippen LogP contribution in [-0.2, 0) is 0 Å². The van der Waals surface area contributed by atoms with Crippen molar-refractivity contribution in [3.05, 3.63) is 59.9 Å². The number of amidine groups is 1. The summed E-state index contributed by atoms with van der Waals surface area (Å²) in [4.78, 5) is 6.86. The number of rotatable bonds is 10. The van der Waals surface area contributed by atoms with Gasteiger partial charge in [0.1, 0.15) is 5.84 Å². The molecule has 1 fully saturated rings. The van der Waals surface area contributed by atoms with Gasteiger partial charge in [-0.25, -0.2) is 0 Å². The number of aliphatic imine (C=N–C) groups is 1. The predicted octanol–water partition coefficient (Wildman–Crippen LogP) is 2.13. The first-order chi connectivity index (χ1) is 14.1. The number of nitrogens with one attached hydrogen (secondary N) is 3. The maximum atomic E-state index is 7.22. The highest BCUT2D eigenvalue weighted by atomic mass is 15.4. The summed E-state index contributed by atoms with van der Waals surface area (Å²) in [6.07, 6.45) is 13.3. The zero-order valence-corrected chi connectivity index (χ0v) is 17.1. The van der Waals surface area contributed by atoms with Gasteiger partial charge in [-0.15, -0.1) is 0 Å². The Morgan fingerprint density at radius 3 is 2.86 bits per heavy atom. The van der Waals surface area contributed by atoms with Crippen molar-refractivity contribution in [2.24, 2.45) is 21.1 Å². The molecule has 1 heterocycles. The predicted molar refractivity (Wildman–Crippen MR) is 120 cm³/mol. The Morgan fingerprint density at radius 2 is 2.21 bits per heavy atom. The van der Waals surface area contributed by atoms with Crippen LogP contribution in [0, 0.1) is 5.41 Å². The van der Waals surface area contributed by atoms with Crippen LogP contribution in [0.5, 0.6) is 0 Å². The van der Waals surface area contributed by atoms with Gasteiger partial charge in [0.05, 0.1) is 12.6 Å². The average molecular weight is 397 g/mol. The molecule has 8 nitrogen and oxygen atoms in total. The number of hydrogen-bond acceptors (Lipinski definition) is 6. The van der Waals surface area contributed by atoms with Gasteiger partial charge in [-0.2, -0.15) is 5.11 Å². The third kappa shape index (κ3) is 8.37. The Bertz CT molecular complexity index is 736. The van der Waals surface area contributed by atoms with Crippen LogP contribution in [0.4, 0.5) is 0 Å². The van der Waals surface area contributed by atoms with E-state index >= 15 is 0 Å². The van der Waals surface area contributed by atoms with E-state index in [1.165, 1.54) is 6.21 Å². The number of nitrogens with zero attached hydrogens (tertiary/aromatic N) is 4. The van der Waals surface area contributed by atoms with E-state index in [9.17, 15) is 0 Å². The molecule has 1 atom stereocenters. The minimum atomic E-state index is -0.00302. The fourth-order valence-electron chi connectivity index (χ4n) is 2.85. The van der Waals surface area contributed by atoms with Crippen LogP contribution in [0.3, 0.4) is 0 Å². The van der Waals surface area contributed by atoms with Crippen molar-refractivity contribution in [2.45, 2.75) is 19.4 Å². The molecule has 0 aromatic carbocycles. The second kappa shape index (κ2) is 12.6. The normalized spacial score (nSPS) is 21.9. The molecule has 29 heavy (non-hydrogen) atoms. The second-order valence-corrected chi connectivity index (χ2v) is 6.87. The van der Waals surface area contributed by atoms with Gasteiger partial charge in [0.2, 0.25) is 0 Å². The first-order valence-electron chi connectivity index (χ1n) is 9.91. The van der Waals surface area contributed by atoms with E-state index in [1.807, 2.05) is 37.3 Å². The lowest BCUT2D eigenvalue weighted by atomic mass is 10.0. The van der Waals surface area contributed by atoms with Gasteiger partial charge in [0, 0.05) is 50.2 Å². The SMILES string of the molecule is C=C/C(=C\C=C(/C)NN=NC1C=CC(C=N)=CC1)C(N)=NCCN1CCNCC1. The van der Waals surface area contributed by atoms with Crippen LogP contribution in [-0.4, -0.2) is 62.3 Å².